The molecule has 0 fully saturated rings. The second kappa shape index (κ2) is 22.9. The third kappa shape index (κ3) is 9.23. The quantitative estimate of drug-likeness (QED) is 0.135. The Morgan fingerprint density at radius 2 is 0.600 bits per heavy atom. The Labute approximate surface area is 570 Å². The van der Waals surface area contributed by atoms with E-state index in [4.69, 9.17) is 48.7 Å². The van der Waals surface area contributed by atoms with Crippen molar-refractivity contribution in [3.05, 3.63) is 315 Å². The molecule has 8 aromatic heterocycles. The molecule has 466 valence electrons. The molecule has 0 bridgehead atoms. The van der Waals surface area contributed by atoms with E-state index in [1.54, 1.807) is 0 Å². The lowest BCUT2D eigenvalue weighted by atomic mass is 10.0. The minimum atomic E-state index is 0.441. The topological polar surface area (TPSA) is 139 Å². The van der Waals surface area contributed by atoms with E-state index in [2.05, 4.69) is 191 Å². The zero-order valence-electron chi connectivity index (χ0n) is 53.3. The van der Waals surface area contributed by atoms with Crippen LogP contribution in [0.1, 0.15) is 0 Å². The first-order valence-corrected chi connectivity index (χ1v) is 33.2. The van der Waals surface area contributed by atoms with Gasteiger partial charge in [0, 0.05) is 82.1 Å². The standard InChI is InChI=1S/C46H27N5O.C42H25N5O/c1-3-14-29(15-4-1)41-44-43(34-20-10-12-22-39(34)52-44)50-46(48-41)45-47-40(35-25-23-28-13-7-8-18-32(28)42(35)49-45)30-24-26-38-36(27-30)33-19-9-11-21-37(33)51(38)31-16-5-2-6-17-31;1-3-13-26(14-4-1)38-40-39(31-19-9-12-22-36(31)48-40)46-42(45-38)41-43-33-20-10-7-18-30(33)37(44-41)27-23-24-35-32(25-27)29-17-8-11-21-34(29)47(35)28-15-5-2-6-16-28/h1-27H;1-25H. The van der Waals surface area contributed by atoms with Crippen molar-refractivity contribution in [2.45, 2.75) is 0 Å². The van der Waals surface area contributed by atoms with Crippen LogP contribution in [0.3, 0.4) is 0 Å². The first kappa shape index (κ1) is 56.5. The lowest BCUT2D eigenvalue weighted by Crippen LogP contribution is -2.01. The Morgan fingerprint density at radius 3 is 1.12 bits per heavy atom. The summed E-state index contributed by atoms with van der Waals surface area (Å²) in [7, 11) is 0. The van der Waals surface area contributed by atoms with Gasteiger partial charge in [0.25, 0.3) is 0 Å². The SMILES string of the molecule is c1ccc(-c2nc(-c3nc(-c4ccc5c(c4)c4ccccc4n5-c4ccccc4)c4ccc5ccccc5c4n3)nc3c2oc2ccccc23)cc1.c1ccc(-c2nc(-c3nc(-c4ccc5c(c4)c4ccccc4n5-c4ccccc4)c4ccccc4n3)nc3c2oc2ccccc23)cc1. The van der Waals surface area contributed by atoms with Crippen molar-refractivity contribution in [2.75, 3.05) is 0 Å². The van der Waals surface area contributed by atoms with Crippen LogP contribution in [0, 0.1) is 0 Å². The molecule has 0 saturated heterocycles. The Bertz CT molecular complexity index is 6850. The summed E-state index contributed by atoms with van der Waals surface area (Å²) in [6.45, 7) is 0. The van der Waals surface area contributed by atoms with E-state index < -0.39 is 0 Å². The number of rotatable bonds is 8. The van der Waals surface area contributed by atoms with Gasteiger partial charge in [-0.3, -0.25) is 0 Å². The van der Waals surface area contributed by atoms with E-state index in [9.17, 15) is 0 Å². The lowest BCUT2D eigenvalue weighted by molar-refractivity contribution is 0.667. The van der Waals surface area contributed by atoms with E-state index >= 15 is 0 Å². The van der Waals surface area contributed by atoms with Gasteiger partial charge in [0.2, 0.25) is 0 Å². The number of fused-ring (bicyclic) bond motifs is 16. The third-order valence-corrected chi connectivity index (χ3v) is 19.0. The van der Waals surface area contributed by atoms with Crippen LogP contribution < -0.4 is 0 Å². The van der Waals surface area contributed by atoms with E-state index in [0.29, 0.717) is 45.9 Å². The molecule has 13 aromatic carbocycles. The minimum Gasteiger partial charge on any atom is -0.452 e. The highest BCUT2D eigenvalue weighted by molar-refractivity contribution is 6.15. The van der Waals surface area contributed by atoms with Crippen LogP contribution in [0.15, 0.2) is 324 Å². The molecule has 0 radical (unpaired) electrons. The van der Waals surface area contributed by atoms with Crippen molar-refractivity contribution < 1.29 is 8.83 Å². The second-order valence-electron chi connectivity index (χ2n) is 24.9. The van der Waals surface area contributed by atoms with Crippen LogP contribution in [0.4, 0.5) is 0 Å². The largest absolute Gasteiger partial charge is 0.452 e. The van der Waals surface area contributed by atoms with E-state index in [-0.39, 0.29) is 0 Å². The molecule has 21 aromatic rings. The Hall–Kier alpha value is -13.8. The normalized spacial score (nSPS) is 11.8. The van der Waals surface area contributed by atoms with Gasteiger partial charge in [0.1, 0.15) is 33.6 Å². The zero-order valence-corrected chi connectivity index (χ0v) is 53.3. The van der Waals surface area contributed by atoms with E-state index in [1.807, 2.05) is 133 Å². The fourth-order valence-electron chi connectivity index (χ4n) is 14.5. The molecule has 8 heterocycles. The molecule has 100 heavy (non-hydrogen) atoms. The molecule has 12 heteroatoms. The van der Waals surface area contributed by atoms with Crippen molar-refractivity contribution in [3.63, 3.8) is 0 Å². The van der Waals surface area contributed by atoms with Crippen molar-refractivity contribution in [1.29, 1.82) is 0 Å². The number of hydrogen-bond donors (Lipinski definition) is 0. The van der Waals surface area contributed by atoms with Gasteiger partial charge >= 0.3 is 0 Å². The molecule has 12 nitrogen and oxygen atoms in total. The molecule has 0 atom stereocenters. The van der Waals surface area contributed by atoms with Crippen LogP contribution in [-0.2, 0) is 0 Å². The molecule has 21 rings (SSSR count). The predicted octanol–water partition coefficient (Wildman–Crippen LogP) is 22.0. The van der Waals surface area contributed by atoms with E-state index in [0.717, 1.165) is 143 Å². The van der Waals surface area contributed by atoms with Crippen LogP contribution >= 0.6 is 0 Å². The summed E-state index contributed by atoms with van der Waals surface area (Å²) < 4.78 is 17.4. The zero-order chi connectivity index (χ0) is 65.8. The molecule has 0 N–H and O–H groups in total. The molecule has 0 amide bonds. The number of nitrogens with zero attached hydrogens (tertiary/aromatic N) is 10. The van der Waals surface area contributed by atoms with Crippen molar-refractivity contribution in [1.82, 2.24) is 49.0 Å². The number of benzene rings is 13. The summed E-state index contributed by atoms with van der Waals surface area (Å²) in [5.74, 6) is 1.80. The fraction of sp³-hybridized carbons (Fsp3) is 0. The number of hydrogen-bond acceptors (Lipinski definition) is 10. The van der Waals surface area contributed by atoms with Gasteiger partial charge in [-0.2, -0.15) is 0 Å². The highest BCUT2D eigenvalue weighted by atomic mass is 16.3. The highest BCUT2D eigenvalue weighted by Gasteiger charge is 2.25. The minimum absolute atomic E-state index is 0.441. The van der Waals surface area contributed by atoms with Gasteiger partial charge in [0.15, 0.2) is 34.5 Å². The molecule has 0 unspecified atom stereocenters. The first-order chi connectivity index (χ1) is 49.6. The molecule has 0 saturated carbocycles. The number of aromatic nitrogens is 10. The summed E-state index contributed by atoms with van der Waals surface area (Å²) in [4.78, 5) is 41.2. The maximum absolute atomic E-state index is 6.39. The van der Waals surface area contributed by atoms with Gasteiger partial charge in [-0.05, 0) is 102 Å². The van der Waals surface area contributed by atoms with Gasteiger partial charge in [-0.25, -0.2) is 39.9 Å². The Kier molecular flexibility index (Phi) is 13.0. The van der Waals surface area contributed by atoms with Crippen LogP contribution in [0.5, 0.6) is 0 Å². The Morgan fingerprint density at radius 1 is 0.220 bits per heavy atom. The maximum atomic E-state index is 6.39. The Balaban J connectivity index is 0.000000135. The average molecular weight is 1280 g/mol. The lowest BCUT2D eigenvalue weighted by Gasteiger charge is -2.12. The second-order valence-corrected chi connectivity index (χ2v) is 24.9. The molecule has 0 aliphatic carbocycles. The third-order valence-electron chi connectivity index (χ3n) is 19.0. The molecule has 0 aliphatic rings. The predicted molar refractivity (Wildman–Crippen MR) is 404 cm³/mol. The monoisotopic (exact) mass is 1280 g/mol. The summed E-state index contributed by atoms with van der Waals surface area (Å²) in [6, 6.07) is 108. The first-order valence-electron chi connectivity index (χ1n) is 33.2. The van der Waals surface area contributed by atoms with Crippen molar-refractivity contribution in [2.24, 2.45) is 0 Å². The maximum Gasteiger partial charge on any atom is 0.199 e. The number of para-hydroxylation sites is 7. The summed E-state index contributed by atoms with van der Waals surface area (Å²) in [5, 5.41) is 10.6. The highest BCUT2D eigenvalue weighted by Crippen LogP contribution is 2.43. The van der Waals surface area contributed by atoms with Crippen molar-refractivity contribution in [3.8, 4) is 79.7 Å². The van der Waals surface area contributed by atoms with Gasteiger partial charge < -0.3 is 18.0 Å². The van der Waals surface area contributed by atoms with E-state index in [1.165, 1.54) is 10.8 Å². The van der Waals surface area contributed by atoms with Gasteiger partial charge in [-0.15, -0.1) is 0 Å². The average Bonchev–Trinajstić information content (AvgIpc) is 1.44. The van der Waals surface area contributed by atoms with Gasteiger partial charge in [0.05, 0.1) is 44.5 Å². The molecular weight excluding hydrogens is 1230 g/mol. The van der Waals surface area contributed by atoms with Crippen LogP contribution in [0.2, 0.25) is 0 Å². The molecule has 0 aliphatic heterocycles. The van der Waals surface area contributed by atoms with Gasteiger partial charge in [-0.1, -0.05) is 218 Å². The molecule has 0 spiro atoms. The summed E-state index contributed by atoms with van der Waals surface area (Å²) in [5.41, 5.74) is 19.7. The van der Waals surface area contributed by atoms with Crippen LogP contribution in [-0.4, -0.2) is 49.0 Å². The van der Waals surface area contributed by atoms with Crippen molar-refractivity contribution >= 4 is 120 Å². The molecular formula is C88H52N10O2. The smallest absolute Gasteiger partial charge is 0.199 e. The number of furan rings is 2. The summed E-state index contributed by atoms with van der Waals surface area (Å²) in [6.07, 6.45) is 0. The van der Waals surface area contributed by atoms with Crippen LogP contribution in [0.25, 0.3) is 200 Å². The summed E-state index contributed by atoms with van der Waals surface area (Å²) >= 11 is 0. The fourth-order valence-corrected chi connectivity index (χ4v) is 14.5.